The molecule has 0 aromatic heterocycles. The number of ether oxygens (including phenoxy) is 1. The van der Waals surface area contributed by atoms with Gasteiger partial charge in [-0.3, -0.25) is 19.3 Å². The molecule has 3 atom stereocenters. The zero-order valence-corrected chi connectivity index (χ0v) is 29.9. The molecule has 0 unspecified atom stereocenters. The number of unbranched alkanes of at least 4 members (excludes halogenated alkanes) is 2. The smallest absolute Gasteiger partial charge is 0.227 e. The van der Waals surface area contributed by atoms with Crippen LogP contribution in [-0.2, 0) is 27.3 Å². The molecule has 1 aliphatic heterocycles. The van der Waals surface area contributed by atoms with Gasteiger partial charge in [0.25, 0.3) is 0 Å². The Balaban J connectivity index is 1.37. The number of halogens is 2. The van der Waals surface area contributed by atoms with Gasteiger partial charge in [0.15, 0.2) is 0 Å². The van der Waals surface area contributed by atoms with Gasteiger partial charge >= 0.3 is 0 Å². The number of para-hydroxylation sites is 2. The van der Waals surface area contributed by atoms with Crippen molar-refractivity contribution in [2.24, 2.45) is 5.92 Å². The van der Waals surface area contributed by atoms with Gasteiger partial charge in [0, 0.05) is 49.6 Å². The molecule has 0 radical (unpaired) electrons. The fraction of sp³-hybridized carbons (Fsp3) is 0.432. The number of aliphatic hydroxyl groups excluding tert-OH is 1. The summed E-state index contributed by atoms with van der Waals surface area (Å²) in [4.78, 5) is 42.5. The molecule has 0 bridgehead atoms. The van der Waals surface area contributed by atoms with E-state index in [0.29, 0.717) is 83.7 Å². The predicted octanol–water partition coefficient (Wildman–Crippen LogP) is 6.38. The number of amides is 3. The minimum absolute atomic E-state index is 0.0536. The van der Waals surface area contributed by atoms with Crippen LogP contribution in [0.3, 0.4) is 0 Å². The second-order valence-electron chi connectivity index (χ2n) is 12.9. The van der Waals surface area contributed by atoms with Gasteiger partial charge < -0.3 is 31.1 Å². The number of anilines is 3. The summed E-state index contributed by atoms with van der Waals surface area (Å²) >= 11 is 12.3. The molecule has 12 heteroatoms. The van der Waals surface area contributed by atoms with Crippen molar-refractivity contribution in [1.82, 2.24) is 9.80 Å². The van der Waals surface area contributed by atoms with E-state index in [9.17, 15) is 19.5 Å². The number of carbonyl (C=O) groups is 3. The third kappa shape index (κ3) is 11.4. The number of nitrogens with one attached hydrogen (secondary N) is 2. The molecule has 5 N–H and O–H groups in total. The molecule has 1 aliphatic rings. The molecule has 49 heavy (non-hydrogen) atoms. The van der Waals surface area contributed by atoms with E-state index in [1.54, 1.807) is 41.3 Å². The Hall–Kier alpha value is -3.83. The standard InChI is InChI=1S/C37H47Cl2N5O5/c1-24-20-44(25(2)23-45)37(48)19-27-18-28(41-35(46)11-5-4-6-12-36(47)42-32-10-8-7-9-31(32)40)14-16-33(27)49-34(24)22-43(3)21-26-13-15-29(38)30(39)17-26/h7-10,13-18,24-25,34,45H,4-6,11-12,19-23,40H2,1-3H3,(H,41,46)(H,42,47)/t24-,25+,34-/m1/s1. The van der Waals surface area contributed by atoms with Gasteiger partial charge in [0.1, 0.15) is 11.9 Å². The minimum Gasteiger partial charge on any atom is -0.488 e. The van der Waals surface area contributed by atoms with Crippen LogP contribution < -0.4 is 21.1 Å². The summed E-state index contributed by atoms with van der Waals surface area (Å²) in [6.07, 6.45) is 2.42. The molecule has 3 amide bonds. The lowest BCUT2D eigenvalue weighted by molar-refractivity contribution is -0.134. The van der Waals surface area contributed by atoms with Gasteiger partial charge in [0.05, 0.1) is 40.5 Å². The first-order chi connectivity index (χ1) is 23.4. The Morgan fingerprint density at radius 1 is 1.02 bits per heavy atom. The lowest BCUT2D eigenvalue weighted by Crippen LogP contribution is -2.47. The summed E-state index contributed by atoms with van der Waals surface area (Å²) in [6, 6.07) is 17.7. The lowest BCUT2D eigenvalue weighted by Gasteiger charge is -2.34. The molecule has 0 aliphatic carbocycles. The molecule has 10 nitrogen and oxygen atoms in total. The van der Waals surface area contributed by atoms with Crippen molar-refractivity contribution in [3.63, 3.8) is 0 Å². The molecular weight excluding hydrogens is 665 g/mol. The van der Waals surface area contributed by atoms with Gasteiger partial charge in [-0.05, 0) is 74.8 Å². The number of aliphatic hydroxyl groups is 1. The van der Waals surface area contributed by atoms with Crippen LogP contribution in [0.15, 0.2) is 60.7 Å². The monoisotopic (exact) mass is 711 g/mol. The normalized spacial score (nSPS) is 17.0. The maximum atomic E-state index is 13.6. The number of nitrogens with two attached hydrogens (primary N) is 1. The van der Waals surface area contributed by atoms with Gasteiger partial charge in [-0.1, -0.05) is 54.7 Å². The Bertz CT molecular complexity index is 1610. The van der Waals surface area contributed by atoms with Crippen molar-refractivity contribution < 1.29 is 24.2 Å². The molecule has 1 heterocycles. The number of rotatable bonds is 14. The van der Waals surface area contributed by atoms with Crippen molar-refractivity contribution >= 4 is 58.0 Å². The highest BCUT2D eigenvalue weighted by molar-refractivity contribution is 6.42. The van der Waals surface area contributed by atoms with Crippen LogP contribution in [0.25, 0.3) is 0 Å². The number of carbonyl (C=O) groups excluding carboxylic acids is 3. The average Bonchev–Trinajstić information content (AvgIpc) is 3.10. The number of hydrogen-bond acceptors (Lipinski definition) is 7. The number of likely N-dealkylation sites (N-methyl/N-ethyl adjacent to an activating group) is 1. The third-order valence-corrected chi connectivity index (χ3v) is 9.41. The Morgan fingerprint density at radius 3 is 2.43 bits per heavy atom. The van der Waals surface area contributed by atoms with Crippen molar-refractivity contribution in [2.45, 2.75) is 71.1 Å². The van der Waals surface area contributed by atoms with Crippen LogP contribution in [0.2, 0.25) is 10.0 Å². The van der Waals surface area contributed by atoms with Crippen LogP contribution in [0.4, 0.5) is 17.1 Å². The maximum Gasteiger partial charge on any atom is 0.227 e. The second kappa shape index (κ2) is 18.2. The van der Waals surface area contributed by atoms with E-state index in [1.807, 2.05) is 45.2 Å². The second-order valence-corrected chi connectivity index (χ2v) is 13.7. The average molecular weight is 713 g/mol. The van der Waals surface area contributed by atoms with E-state index in [-0.39, 0.29) is 48.8 Å². The number of nitrogens with zero attached hydrogens (tertiary/aromatic N) is 2. The maximum absolute atomic E-state index is 13.6. The SMILES string of the molecule is C[C@@H]1CN([C@@H](C)CO)C(=O)Cc2cc(NC(=O)CCCCCC(=O)Nc3ccccc3N)ccc2O[C@@H]1CN(C)Cc1ccc(Cl)c(Cl)c1. The van der Waals surface area contributed by atoms with E-state index in [2.05, 4.69) is 15.5 Å². The highest BCUT2D eigenvalue weighted by Crippen LogP contribution is 2.30. The van der Waals surface area contributed by atoms with Gasteiger partial charge in [-0.25, -0.2) is 0 Å². The Morgan fingerprint density at radius 2 is 1.73 bits per heavy atom. The van der Waals surface area contributed by atoms with Gasteiger partial charge in [-0.15, -0.1) is 0 Å². The van der Waals surface area contributed by atoms with Crippen LogP contribution >= 0.6 is 23.2 Å². The Labute approximate surface area is 298 Å². The van der Waals surface area contributed by atoms with Gasteiger partial charge in [-0.2, -0.15) is 0 Å². The minimum atomic E-state index is -0.364. The molecule has 0 fully saturated rings. The Kier molecular flexibility index (Phi) is 14.1. The quantitative estimate of drug-likeness (QED) is 0.112. The summed E-state index contributed by atoms with van der Waals surface area (Å²) in [5.41, 5.74) is 9.25. The first-order valence-electron chi connectivity index (χ1n) is 16.7. The van der Waals surface area contributed by atoms with Gasteiger partial charge in [0.2, 0.25) is 17.7 Å². The summed E-state index contributed by atoms with van der Waals surface area (Å²) in [5, 5.41) is 16.7. The largest absolute Gasteiger partial charge is 0.488 e. The van der Waals surface area contributed by atoms with Crippen molar-refractivity contribution in [3.05, 3.63) is 81.8 Å². The van der Waals surface area contributed by atoms with Crippen LogP contribution in [0.5, 0.6) is 5.75 Å². The van der Waals surface area contributed by atoms with Crippen LogP contribution in [-0.4, -0.2) is 71.5 Å². The first-order valence-corrected chi connectivity index (χ1v) is 17.5. The summed E-state index contributed by atoms with van der Waals surface area (Å²) in [6.45, 7) is 5.33. The summed E-state index contributed by atoms with van der Waals surface area (Å²) < 4.78 is 6.62. The molecule has 3 aromatic rings. The van der Waals surface area contributed by atoms with Crippen LogP contribution in [0, 0.1) is 5.92 Å². The number of fused-ring (bicyclic) bond motifs is 1. The summed E-state index contributed by atoms with van der Waals surface area (Å²) in [5.74, 6) is 0.146. The van der Waals surface area contributed by atoms with E-state index in [0.717, 1.165) is 12.0 Å². The zero-order chi connectivity index (χ0) is 35.5. The molecule has 0 saturated heterocycles. The van der Waals surface area contributed by atoms with E-state index in [1.165, 1.54) is 0 Å². The fourth-order valence-electron chi connectivity index (χ4n) is 5.84. The number of nitrogen functional groups attached to an aromatic ring is 1. The molecule has 0 spiro atoms. The third-order valence-electron chi connectivity index (χ3n) is 8.67. The van der Waals surface area contributed by atoms with Crippen molar-refractivity contribution in [2.75, 3.05) is 43.1 Å². The molecular formula is C37H47Cl2N5O5. The summed E-state index contributed by atoms with van der Waals surface area (Å²) in [7, 11) is 2.00. The molecule has 3 aromatic carbocycles. The first kappa shape index (κ1) is 38.0. The predicted molar refractivity (Wildman–Crippen MR) is 196 cm³/mol. The molecule has 0 saturated carbocycles. The number of benzene rings is 3. The fourth-order valence-corrected chi connectivity index (χ4v) is 6.16. The van der Waals surface area contributed by atoms with E-state index in [4.69, 9.17) is 33.7 Å². The lowest BCUT2D eigenvalue weighted by atomic mass is 10.0. The van der Waals surface area contributed by atoms with Crippen LogP contribution in [0.1, 0.15) is 57.1 Å². The zero-order valence-electron chi connectivity index (χ0n) is 28.4. The topological polar surface area (TPSA) is 137 Å². The number of hydrogen-bond donors (Lipinski definition) is 4. The van der Waals surface area contributed by atoms with Crippen molar-refractivity contribution in [1.29, 1.82) is 0 Å². The highest BCUT2D eigenvalue weighted by atomic mass is 35.5. The highest BCUT2D eigenvalue weighted by Gasteiger charge is 2.31. The van der Waals surface area contributed by atoms with E-state index < -0.39 is 0 Å². The molecule has 4 rings (SSSR count). The van der Waals surface area contributed by atoms with Crippen molar-refractivity contribution in [3.8, 4) is 5.75 Å². The molecule has 264 valence electrons. The van der Waals surface area contributed by atoms with E-state index >= 15 is 0 Å².